The molecule has 0 aliphatic rings. The van der Waals surface area contributed by atoms with Gasteiger partial charge in [0, 0.05) is 17.8 Å². The molecule has 0 aliphatic heterocycles. The van der Waals surface area contributed by atoms with Crippen molar-refractivity contribution in [1.82, 2.24) is 0 Å². The van der Waals surface area contributed by atoms with Crippen LogP contribution in [0.25, 0.3) is 10.8 Å². The number of hydrogen-bond acceptors (Lipinski definition) is 3. The zero-order chi connectivity index (χ0) is 15.4. The molecular formula is C19H19NO2. The van der Waals surface area contributed by atoms with E-state index in [1.165, 1.54) is 0 Å². The number of anilines is 1. The van der Waals surface area contributed by atoms with Crippen molar-refractivity contribution in [1.29, 1.82) is 0 Å². The average molecular weight is 293 g/mol. The molecule has 0 saturated carbocycles. The van der Waals surface area contributed by atoms with Gasteiger partial charge in [-0.2, -0.15) is 0 Å². The smallest absolute Gasteiger partial charge is 0.121 e. The van der Waals surface area contributed by atoms with E-state index in [1.807, 2.05) is 55.5 Å². The van der Waals surface area contributed by atoms with Gasteiger partial charge in [0.1, 0.15) is 11.5 Å². The second-order valence-electron chi connectivity index (χ2n) is 5.10. The molecule has 0 spiro atoms. The Hall–Kier alpha value is -2.68. The van der Waals surface area contributed by atoms with Gasteiger partial charge in [0.15, 0.2) is 0 Å². The van der Waals surface area contributed by atoms with Gasteiger partial charge in [0.25, 0.3) is 0 Å². The van der Waals surface area contributed by atoms with Crippen LogP contribution in [0.5, 0.6) is 11.5 Å². The van der Waals surface area contributed by atoms with Gasteiger partial charge >= 0.3 is 0 Å². The maximum Gasteiger partial charge on any atom is 0.121 e. The predicted molar refractivity (Wildman–Crippen MR) is 90.6 cm³/mol. The van der Waals surface area contributed by atoms with Crippen molar-refractivity contribution in [2.45, 2.75) is 13.5 Å². The number of ether oxygens (including phenoxy) is 1. The predicted octanol–water partition coefficient (Wildman–Crippen LogP) is 4.56. The summed E-state index contributed by atoms with van der Waals surface area (Å²) in [5.74, 6) is 1.18. The van der Waals surface area contributed by atoms with Crippen molar-refractivity contribution in [3.8, 4) is 11.5 Å². The van der Waals surface area contributed by atoms with Gasteiger partial charge in [0.2, 0.25) is 0 Å². The molecule has 0 amide bonds. The van der Waals surface area contributed by atoms with Crippen LogP contribution in [0.2, 0.25) is 0 Å². The van der Waals surface area contributed by atoms with E-state index in [4.69, 9.17) is 4.74 Å². The lowest BCUT2D eigenvalue weighted by Crippen LogP contribution is -2.01. The van der Waals surface area contributed by atoms with Gasteiger partial charge in [-0.1, -0.05) is 30.3 Å². The normalized spacial score (nSPS) is 10.6. The highest BCUT2D eigenvalue weighted by Crippen LogP contribution is 2.28. The Labute approximate surface area is 130 Å². The summed E-state index contributed by atoms with van der Waals surface area (Å²) in [5.41, 5.74) is 1.91. The van der Waals surface area contributed by atoms with Crippen LogP contribution in [-0.4, -0.2) is 11.7 Å². The van der Waals surface area contributed by atoms with Crippen molar-refractivity contribution in [2.75, 3.05) is 11.9 Å². The Morgan fingerprint density at radius 3 is 2.50 bits per heavy atom. The standard InChI is InChI=1S/C19H19NO2/c1-2-22-16-10-8-15(9-11-16)20-13-18-17-6-4-3-5-14(17)7-12-19(18)21/h3-12,20-21H,2,13H2,1H3. The summed E-state index contributed by atoms with van der Waals surface area (Å²) in [6.07, 6.45) is 0. The monoisotopic (exact) mass is 293 g/mol. The number of phenols is 1. The lowest BCUT2D eigenvalue weighted by atomic mass is 10.0. The van der Waals surface area contributed by atoms with E-state index in [1.54, 1.807) is 6.07 Å². The highest BCUT2D eigenvalue weighted by molar-refractivity contribution is 5.87. The zero-order valence-electron chi connectivity index (χ0n) is 12.5. The van der Waals surface area contributed by atoms with Crippen LogP contribution >= 0.6 is 0 Å². The van der Waals surface area contributed by atoms with Crippen LogP contribution in [0.1, 0.15) is 12.5 Å². The van der Waals surface area contributed by atoms with Crippen molar-refractivity contribution < 1.29 is 9.84 Å². The SMILES string of the molecule is CCOc1ccc(NCc2c(O)ccc3ccccc23)cc1. The van der Waals surface area contributed by atoms with E-state index in [-0.39, 0.29) is 0 Å². The van der Waals surface area contributed by atoms with Gasteiger partial charge in [-0.25, -0.2) is 0 Å². The van der Waals surface area contributed by atoms with E-state index < -0.39 is 0 Å². The van der Waals surface area contributed by atoms with Gasteiger partial charge in [-0.05, 0) is 48.0 Å². The number of fused-ring (bicyclic) bond motifs is 1. The summed E-state index contributed by atoms with van der Waals surface area (Å²) in [6.45, 7) is 3.20. The van der Waals surface area contributed by atoms with Crippen LogP contribution < -0.4 is 10.1 Å². The summed E-state index contributed by atoms with van der Waals surface area (Å²) < 4.78 is 5.43. The summed E-state index contributed by atoms with van der Waals surface area (Å²) >= 11 is 0. The second kappa shape index (κ2) is 6.39. The molecule has 3 aromatic rings. The van der Waals surface area contributed by atoms with Crippen LogP contribution in [-0.2, 0) is 6.54 Å². The third-order valence-electron chi connectivity index (χ3n) is 3.65. The Kier molecular flexibility index (Phi) is 4.15. The molecule has 3 rings (SSSR count). The van der Waals surface area contributed by atoms with E-state index >= 15 is 0 Å². The topological polar surface area (TPSA) is 41.5 Å². The molecule has 0 bridgehead atoms. The third-order valence-corrected chi connectivity index (χ3v) is 3.65. The Balaban J connectivity index is 1.80. The number of aromatic hydroxyl groups is 1. The van der Waals surface area contributed by atoms with Crippen molar-refractivity contribution in [2.24, 2.45) is 0 Å². The molecule has 0 saturated heterocycles. The fraction of sp³-hybridized carbons (Fsp3) is 0.158. The molecule has 112 valence electrons. The lowest BCUT2D eigenvalue weighted by molar-refractivity contribution is 0.340. The molecule has 0 aliphatic carbocycles. The first-order chi connectivity index (χ1) is 10.8. The molecule has 0 atom stereocenters. The molecule has 0 radical (unpaired) electrons. The first-order valence-corrected chi connectivity index (χ1v) is 7.44. The van der Waals surface area contributed by atoms with Crippen molar-refractivity contribution in [3.63, 3.8) is 0 Å². The van der Waals surface area contributed by atoms with Gasteiger partial charge in [-0.15, -0.1) is 0 Å². The van der Waals surface area contributed by atoms with E-state index in [9.17, 15) is 5.11 Å². The Morgan fingerprint density at radius 2 is 1.73 bits per heavy atom. The number of nitrogens with one attached hydrogen (secondary N) is 1. The summed E-state index contributed by atoms with van der Waals surface area (Å²) in [4.78, 5) is 0. The maximum absolute atomic E-state index is 10.1. The van der Waals surface area contributed by atoms with Gasteiger partial charge in [0.05, 0.1) is 6.61 Å². The fourth-order valence-electron chi connectivity index (χ4n) is 2.54. The van der Waals surface area contributed by atoms with E-state index in [2.05, 4.69) is 11.4 Å². The molecule has 22 heavy (non-hydrogen) atoms. The molecule has 0 heterocycles. The van der Waals surface area contributed by atoms with Crippen LogP contribution in [0.15, 0.2) is 60.7 Å². The quantitative estimate of drug-likeness (QED) is 0.724. The minimum atomic E-state index is 0.317. The zero-order valence-corrected chi connectivity index (χ0v) is 12.5. The van der Waals surface area contributed by atoms with Crippen molar-refractivity contribution >= 4 is 16.5 Å². The third kappa shape index (κ3) is 2.98. The number of rotatable bonds is 5. The van der Waals surface area contributed by atoms with Gasteiger partial charge < -0.3 is 15.2 Å². The summed E-state index contributed by atoms with van der Waals surface area (Å²) in [7, 11) is 0. The summed E-state index contributed by atoms with van der Waals surface area (Å²) in [6, 6.07) is 19.6. The molecule has 0 fully saturated rings. The van der Waals surface area contributed by atoms with Crippen LogP contribution in [0, 0.1) is 0 Å². The molecule has 2 N–H and O–H groups in total. The minimum Gasteiger partial charge on any atom is -0.508 e. The molecule has 3 aromatic carbocycles. The molecule has 0 unspecified atom stereocenters. The first-order valence-electron chi connectivity index (χ1n) is 7.44. The van der Waals surface area contributed by atoms with Crippen molar-refractivity contribution in [3.05, 3.63) is 66.2 Å². The Bertz CT molecular complexity index is 766. The first kappa shape index (κ1) is 14.3. The molecule has 0 aromatic heterocycles. The number of benzene rings is 3. The second-order valence-corrected chi connectivity index (χ2v) is 5.10. The number of phenolic OH excluding ortho intramolecular Hbond substituents is 1. The molecule has 3 nitrogen and oxygen atoms in total. The molecular weight excluding hydrogens is 274 g/mol. The van der Waals surface area contributed by atoms with Gasteiger partial charge in [-0.3, -0.25) is 0 Å². The summed E-state index contributed by atoms with van der Waals surface area (Å²) in [5, 5.41) is 15.7. The largest absolute Gasteiger partial charge is 0.508 e. The van der Waals surface area contributed by atoms with E-state index in [0.29, 0.717) is 18.9 Å². The maximum atomic E-state index is 10.1. The molecule has 3 heteroatoms. The highest BCUT2D eigenvalue weighted by Gasteiger charge is 2.06. The number of hydrogen-bond donors (Lipinski definition) is 2. The minimum absolute atomic E-state index is 0.317. The fourth-order valence-corrected chi connectivity index (χ4v) is 2.54. The highest BCUT2D eigenvalue weighted by atomic mass is 16.5. The van der Waals surface area contributed by atoms with E-state index in [0.717, 1.165) is 27.8 Å². The lowest BCUT2D eigenvalue weighted by Gasteiger charge is -2.12. The van der Waals surface area contributed by atoms with Crippen LogP contribution in [0.4, 0.5) is 5.69 Å². The Morgan fingerprint density at radius 1 is 0.955 bits per heavy atom. The van der Waals surface area contributed by atoms with Crippen LogP contribution in [0.3, 0.4) is 0 Å². The average Bonchev–Trinajstić information content (AvgIpc) is 2.56.